The highest BCUT2D eigenvalue weighted by atomic mass is 19.1. The molecule has 6 amide bonds. The van der Waals surface area contributed by atoms with E-state index in [9.17, 15) is 47.9 Å². The summed E-state index contributed by atoms with van der Waals surface area (Å²) in [7, 11) is 0. The summed E-state index contributed by atoms with van der Waals surface area (Å²) < 4.78 is 29.2. The van der Waals surface area contributed by atoms with Gasteiger partial charge in [-0.15, -0.1) is 0 Å². The molecule has 2 rings (SSSR count). The van der Waals surface area contributed by atoms with Crippen molar-refractivity contribution < 1.29 is 62.1 Å². The van der Waals surface area contributed by atoms with Crippen molar-refractivity contribution in [3.63, 3.8) is 0 Å². The van der Waals surface area contributed by atoms with Crippen LogP contribution >= 0.6 is 0 Å². The Balaban J connectivity index is 2.33. The number of aliphatic hydroxyl groups is 1. The number of carbonyl (C=O) groups excluding carboxylic acids is 8. The molecule has 19 heteroatoms. The number of hydrazine groups is 1. The summed E-state index contributed by atoms with van der Waals surface area (Å²) >= 11 is 0. The van der Waals surface area contributed by atoms with E-state index in [1.165, 1.54) is 24.3 Å². The van der Waals surface area contributed by atoms with Crippen LogP contribution in [0, 0.1) is 11.7 Å². The van der Waals surface area contributed by atoms with Gasteiger partial charge < -0.3 is 40.6 Å². The molecule has 63 heavy (non-hydrogen) atoms. The molecule has 346 valence electrons. The number of hydrogen-bond donors (Lipinski definition) is 6. The third kappa shape index (κ3) is 21.8. The van der Waals surface area contributed by atoms with E-state index in [4.69, 9.17) is 14.2 Å². The molecule has 0 unspecified atom stereocenters. The van der Waals surface area contributed by atoms with Gasteiger partial charge in [0, 0.05) is 25.1 Å². The molecule has 4 atom stereocenters. The van der Waals surface area contributed by atoms with Gasteiger partial charge in [-0.05, 0) is 90.5 Å². The molecule has 0 heterocycles. The van der Waals surface area contributed by atoms with Crippen molar-refractivity contribution in [2.24, 2.45) is 5.92 Å². The number of alkyl carbamates (subject to hydrolysis) is 1. The third-order valence-electron chi connectivity index (χ3n) is 8.26. The summed E-state index contributed by atoms with van der Waals surface area (Å²) in [6.45, 7) is 13.4. The molecule has 0 aliphatic rings. The van der Waals surface area contributed by atoms with Crippen molar-refractivity contribution in [2.75, 3.05) is 6.54 Å². The average molecular weight is 885 g/mol. The van der Waals surface area contributed by atoms with Crippen molar-refractivity contribution in [3.05, 3.63) is 83.7 Å². The number of esters is 2. The van der Waals surface area contributed by atoms with Crippen LogP contribution < -0.4 is 26.7 Å². The highest BCUT2D eigenvalue weighted by molar-refractivity contribution is 5.99. The number of carbonyl (C=O) groups is 8. The Morgan fingerprint density at radius 3 is 1.89 bits per heavy atom. The maximum absolute atomic E-state index is 13.9. The fraction of sp³-hybridized carbons (Fsp3) is 0.500. The number of amides is 6. The van der Waals surface area contributed by atoms with E-state index in [0.717, 1.165) is 19.1 Å². The number of ether oxygens (including phenoxy) is 3. The van der Waals surface area contributed by atoms with E-state index in [1.807, 2.05) is 0 Å². The van der Waals surface area contributed by atoms with Crippen LogP contribution in [0.15, 0.2) is 66.7 Å². The summed E-state index contributed by atoms with van der Waals surface area (Å²) in [4.78, 5) is 106. The van der Waals surface area contributed by atoms with Crippen molar-refractivity contribution >= 4 is 47.6 Å². The van der Waals surface area contributed by atoms with E-state index in [0.29, 0.717) is 16.1 Å². The first kappa shape index (κ1) is 52.8. The smallest absolute Gasteiger partial charge is 0.408 e. The molecule has 2 aromatic carbocycles. The molecule has 2 aromatic rings. The van der Waals surface area contributed by atoms with Gasteiger partial charge in [-0.2, -0.15) is 0 Å². The normalized spacial score (nSPS) is 13.4. The maximum atomic E-state index is 13.9. The lowest BCUT2D eigenvalue weighted by Gasteiger charge is -2.29. The number of nitrogens with one attached hydrogen (secondary N) is 5. The Hall–Kier alpha value is -6.37. The number of aliphatic hydroxyl groups excluding tert-OH is 1. The van der Waals surface area contributed by atoms with Crippen molar-refractivity contribution in [1.29, 1.82) is 0 Å². The van der Waals surface area contributed by atoms with Crippen molar-refractivity contribution in [2.45, 2.75) is 130 Å². The van der Waals surface area contributed by atoms with Gasteiger partial charge >= 0.3 is 18.0 Å². The quantitative estimate of drug-likeness (QED) is 0.0487. The molecular formula is C44H61FN6O12. The van der Waals surface area contributed by atoms with Crippen LogP contribution in [-0.4, -0.2) is 99.7 Å². The van der Waals surface area contributed by atoms with E-state index in [-0.39, 0.29) is 38.3 Å². The first-order chi connectivity index (χ1) is 29.3. The minimum atomic E-state index is -1.84. The minimum absolute atomic E-state index is 0.0127. The highest BCUT2D eigenvalue weighted by Crippen LogP contribution is 2.13. The molecule has 0 bridgehead atoms. The van der Waals surface area contributed by atoms with E-state index in [1.54, 1.807) is 85.7 Å². The van der Waals surface area contributed by atoms with Crippen LogP contribution in [0.4, 0.5) is 9.18 Å². The first-order valence-electron chi connectivity index (χ1n) is 20.3. The number of benzene rings is 2. The van der Waals surface area contributed by atoms with Gasteiger partial charge in [-0.3, -0.25) is 39.0 Å². The van der Waals surface area contributed by atoms with Gasteiger partial charge in [0.25, 0.3) is 11.8 Å². The van der Waals surface area contributed by atoms with Crippen LogP contribution in [0.5, 0.6) is 0 Å². The van der Waals surface area contributed by atoms with E-state index >= 15 is 0 Å². The van der Waals surface area contributed by atoms with Crippen LogP contribution in [0.25, 0.3) is 0 Å². The topological polar surface area (TPSA) is 248 Å². The largest absolute Gasteiger partial charge is 0.460 e. The van der Waals surface area contributed by atoms with Crippen LogP contribution in [-0.2, 0) is 60.9 Å². The number of hydrogen-bond acceptors (Lipinski definition) is 12. The lowest BCUT2D eigenvalue weighted by Crippen LogP contribution is -2.61. The second kappa shape index (κ2) is 24.9. The second-order valence-corrected chi connectivity index (χ2v) is 17.0. The van der Waals surface area contributed by atoms with Gasteiger partial charge in [0.15, 0.2) is 0 Å². The Bertz CT molecular complexity index is 1910. The third-order valence-corrected chi connectivity index (χ3v) is 8.26. The predicted octanol–water partition coefficient (Wildman–Crippen LogP) is 3.01. The Morgan fingerprint density at radius 2 is 1.32 bits per heavy atom. The molecule has 18 nitrogen and oxygen atoms in total. The lowest BCUT2D eigenvalue weighted by atomic mass is 10.0. The molecule has 0 radical (unpaired) electrons. The predicted molar refractivity (Wildman–Crippen MR) is 227 cm³/mol. The average Bonchev–Trinajstić information content (AvgIpc) is 3.17. The molecule has 0 aliphatic carbocycles. The van der Waals surface area contributed by atoms with Crippen LogP contribution in [0.1, 0.15) is 92.7 Å². The van der Waals surface area contributed by atoms with E-state index < -0.39 is 95.4 Å². The molecule has 0 saturated carbocycles. The SMILES string of the molecule is CC(C)C[C@H](NC(=O)OCc1ccccc1)C(=O)N[C@@H](CCC(=O)OC(C)(C)C)C(=O)N[C@H](C(=O)NN(CC(=O)OC(C)(C)C)C(=O)/C=C/C(=O)NCc1ccc(F)cc1)[C@@H](C)O. The zero-order valence-electron chi connectivity index (χ0n) is 37.2. The van der Waals surface area contributed by atoms with Gasteiger partial charge in [0.2, 0.25) is 17.7 Å². The Kier molecular flexibility index (Phi) is 20.9. The molecule has 0 aliphatic heterocycles. The summed E-state index contributed by atoms with van der Waals surface area (Å²) in [5, 5.41) is 21.1. The summed E-state index contributed by atoms with van der Waals surface area (Å²) in [6, 6.07) is 9.52. The van der Waals surface area contributed by atoms with E-state index in [2.05, 4.69) is 26.7 Å². The van der Waals surface area contributed by atoms with Gasteiger partial charge in [-0.1, -0.05) is 56.3 Å². The summed E-state index contributed by atoms with van der Waals surface area (Å²) in [5.41, 5.74) is 1.55. The fourth-order valence-corrected chi connectivity index (χ4v) is 5.43. The van der Waals surface area contributed by atoms with Gasteiger partial charge in [0.1, 0.15) is 48.3 Å². The Labute approximate surface area is 367 Å². The first-order valence-corrected chi connectivity index (χ1v) is 20.3. The number of halogens is 1. The molecule has 6 N–H and O–H groups in total. The zero-order chi connectivity index (χ0) is 47.5. The monoisotopic (exact) mass is 884 g/mol. The number of rotatable bonds is 20. The zero-order valence-corrected chi connectivity index (χ0v) is 37.2. The fourth-order valence-electron chi connectivity index (χ4n) is 5.43. The van der Waals surface area contributed by atoms with Gasteiger partial charge in [0.05, 0.1) is 6.10 Å². The van der Waals surface area contributed by atoms with Crippen LogP contribution in [0.2, 0.25) is 0 Å². The number of nitrogens with zero attached hydrogens (tertiary/aromatic N) is 1. The summed E-state index contributed by atoms with van der Waals surface area (Å²) in [6.07, 6.45) is -1.62. The van der Waals surface area contributed by atoms with Gasteiger partial charge in [-0.25, -0.2) is 14.2 Å². The second-order valence-electron chi connectivity index (χ2n) is 17.0. The lowest BCUT2D eigenvalue weighted by molar-refractivity contribution is -0.161. The Morgan fingerprint density at radius 1 is 0.730 bits per heavy atom. The van der Waals surface area contributed by atoms with Crippen LogP contribution in [0.3, 0.4) is 0 Å². The highest BCUT2D eigenvalue weighted by Gasteiger charge is 2.34. The molecule has 0 spiro atoms. The molecule has 0 fully saturated rings. The molecular weight excluding hydrogens is 824 g/mol. The molecule has 0 aromatic heterocycles. The standard InChI is InChI=1S/C44H61FN6O12/c1-27(2)23-33(48-42(60)61-26-30-13-11-10-12-14-30)40(58)47-32(19-22-36(55)62-43(4,5)6)39(57)49-38(28(3)52)41(59)50-51(25-37(56)63-44(7,8)9)35(54)21-20-34(53)46-24-29-15-17-31(45)18-16-29/h10-18,20-21,27-28,32-33,38,52H,19,22-26H2,1-9H3,(H,46,53)(H,47,58)(H,48,60)(H,49,57)(H,50,59)/b21-20+/t28-,32+,33+,38+/m1/s1. The summed E-state index contributed by atoms with van der Waals surface area (Å²) in [5.74, 6) is -7.21. The maximum Gasteiger partial charge on any atom is 0.408 e. The minimum Gasteiger partial charge on any atom is -0.460 e. The van der Waals surface area contributed by atoms with Crippen molar-refractivity contribution in [3.8, 4) is 0 Å². The van der Waals surface area contributed by atoms with Crippen molar-refractivity contribution in [1.82, 2.24) is 31.7 Å². The molecule has 0 saturated heterocycles.